The standard InChI is InChI=1S/C26H34N4O4S/c1-3-10-27-26(35)29-14-12-28(13-15-29)11-6-4-5-7-21-18(2)23(31)30(24(21)32)20-8-9-22-19(16-20)17-34-25(22)33/h8-9,16H,3-7,10-15,17H2,1-2H3,(H,27,35). The Morgan fingerprint density at radius 1 is 1.06 bits per heavy atom. The fourth-order valence-corrected chi connectivity index (χ4v) is 5.09. The highest BCUT2D eigenvalue weighted by atomic mass is 32.1. The fraction of sp³-hybridized carbons (Fsp3) is 0.538. The predicted octanol–water partition coefficient (Wildman–Crippen LogP) is 3.01. The summed E-state index contributed by atoms with van der Waals surface area (Å²) in [5, 5.41) is 4.16. The molecule has 0 spiro atoms. The largest absolute Gasteiger partial charge is 0.457 e. The summed E-state index contributed by atoms with van der Waals surface area (Å²) in [4.78, 5) is 43.6. The average molecular weight is 499 g/mol. The molecule has 0 bridgehead atoms. The van der Waals surface area contributed by atoms with Gasteiger partial charge in [0.1, 0.15) is 6.61 Å². The van der Waals surface area contributed by atoms with Gasteiger partial charge in [0.2, 0.25) is 0 Å². The number of hydrogen-bond donors (Lipinski definition) is 1. The highest BCUT2D eigenvalue weighted by Gasteiger charge is 2.37. The Labute approximate surface area is 212 Å². The number of nitrogens with one attached hydrogen (secondary N) is 1. The molecule has 4 rings (SSSR count). The van der Waals surface area contributed by atoms with Crippen LogP contribution in [0.15, 0.2) is 29.3 Å². The number of fused-ring (bicyclic) bond motifs is 1. The first-order valence-corrected chi connectivity index (χ1v) is 12.9. The first-order chi connectivity index (χ1) is 16.9. The summed E-state index contributed by atoms with van der Waals surface area (Å²) >= 11 is 5.46. The molecule has 1 fully saturated rings. The SMILES string of the molecule is CCCNC(=S)N1CCN(CCCCCC2=C(C)C(=O)N(c3ccc4c(c3)COC4=O)C2=O)CC1. The molecule has 3 heterocycles. The maximum Gasteiger partial charge on any atom is 0.338 e. The van der Waals surface area contributed by atoms with E-state index in [2.05, 4.69) is 22.0 Å². The van der Waals surface area contributed by atoms with E-state index in [1.165, 1.54) is 4.90 Å². The number of amides is 2. The minimum Gasteiger partial charge on any atom is -0.457 e. The van der Waals surface area contributed by atoms with Crippen LogP contribution in [0.2, 0.25) is 0 Å². The Morgan fingerprint density at radius 3 is 2.57 bits per heavy atom. The lowest BCUT2D eigenvalue weighted by Gasteiger charge is -2.36. The number of unbranched alkanes of at least 4 members (excludes halogenated alkanes) is 2. The van der Waals surface area contributed by atoms with Crippen molar-refractivity contribution in [1.82, 2.24) is 15.1 Å². The van der Waals surface area contributed by atoms with E-state index in [1.807, 2.05) is 0 Å². The van der Waals surface area contributed by atoms with Crippen LogP contribution in [-0.2, 0) is 20.9 Å². The Hall–Kier alpha value is -2.78. The lowest BCUT2D eigenvalue weighted by molar-refractivity contribution is -0.120. The van der Waals surface area contributed by atoms with Gasteiger partial charge >= 0.3 is 5.97 Å². The molecule has 3 aliphatic heterocycles. The third-order valence-corrected chi connectivity index (χ3v) is 7.35. The van der Waals surface area contributed by atoms with Crippen molar-refractivity contribution < 1.29 is 19.1 Å². The highest BCUT2D eigenvalue weighted by molar-refractivity contribution is 7.80. The van der Waals surface area contributed by atoms with E-state index in [1.54, 1.807) is 25.1 Å². The number of cyclic esters (lactones) is 1. The minimum atomic E-state index is -0.366. The zero-order chi connectivity index (χ0) is 24.9. The lowest BCUT2D eigenvalue weighted by Crippen LogP contribution is -2.51. The molecule has 35 heavy (non-hydrogen) atoms. The second kappa shape index (κ2) is 11.3. The number of piperazine rings is 1. The molecule has 1 N–H and O–H groups in total. The highest BCUT2D eigenvalue weighted by Crippen LogP contribution is 2.32. The number of rotatable bonds is 9. The Balaban J connectivity index is 1.21. The van der Waals surface area contributed by atoms with Crippen molar-refractivity contribution in [3.05, 3.63) is 40.5 Å². The van der Waals surface area contributed by atoms with Crippen LogP contribution in [0.25, 0.3) is 0 Å². The zero-order valence-corrected chi connectivity index (χ0v) is 21.4. The summed E-state index contributed by atoms with van der Waals surface area (Å²) in [5.41, 5.74) is 2.82. The molecule has 0 saturated carbocycles. The third kappa shape index (κ3) is 5.56. The molecule has 1 saturated heterocycles. The van der Waals surface area contributed by atoms with Crippen LogP contribution >= 0.6 is 12.2 Å². The van der Waals surface area contributed by atoms with Crippen LogP contribution in [0.4, 0.5) is 5.69 Å². The van der Waals surface area contributed by atoms with Crippen LogP contribution in [0.3, 0.4) is 0 Å². The van der Waals surface area contributed by atoms with E-state index in [0.29, 0.717) is 34.4 Å². The predicted molar refractivity (Wildman–Crippen MR) is 138 cm³/mol. The quantitative estimate of drug-likeness (QED) is 0.241. The number of thiocarbonyl (C=S) groups is 1. The van der Waals surface area contributed by atoms with E-state index >= 15 is 0 Å². The van der Waals surface area contributed by atoms with Crippen LogP contribution < -0.4 is 10.2 Å². The van der Waals surface area contributed by atoms with Crippen molar-refractivity contribution in [2.45, 2.75) is 52.6 Å². The van der Waals surface area contributed by atoms with Gasteiger partial charge in [-0.2, -0.15) is 0 Å². The maximum absolute atomic E-state index is 13.1. The number of esters is 1. The second-order valence-electron chi connectivity index (χ2n) is 9.34. The number of benzene rings is 1. The van der Waals surface area contributed by atoms with E-state index in [4.69, 9.17) is 17.0 Å². The molecule has 2 amide bonds. The normalized spacial score (nSPS) is 18.4. The molecule has 8 nitrogen and oxygen atoms in total. The molecule has 188 valence electrons. The van der Waals surface area contributed by atoms with Gasteiger partial charge in [-0.15, -0.1) is 0 Å². The smallest absolute Gasteiger partial charge is 0.338 e. The number of ether oxygens (including phenoxy) is 1. The number of anilines is 1. The molecule has 0 radical (unpaired) electrons. The van der Waals surface area contributed by atoms with Crippen molar-refractivity contribution in [3.8, 4) is 0 Å². The van der Waals surface area contributed by atoms with Crippen molar-refractivity contribution in [1.29, 1.82) is 0 Å². The summed E-state index contributed by atoms with van der Waals surface area (Å²) in [7, 11) is 0. The van der Waals surface area contributed by atoms with Gasteiger partial charge in [-0.05, 0) is 69.6 Å². The van der Waals surface area contributed by atoms with E-state index < -0.39 is 0 Å². The molecule has 3 aliphatic rings. The van der Waals surface area contributed by atoms with E-state index in [0.717, 1.165) is 70.1 Å². The number of hydrogen-bond acceptors (Lipinski definition) is 6. The lowest BCUT2D eigenvalue weighted by atomic mass is 10.0. The van der Waals surface area contributed by atoms with Gasteiger partial charge in [-0.1, -0.05) is 13.3 Å². The summed E-state index contributed by atoms with van der Waals surface area (Å²) in [6.45, 7) is 9.93. The van der Waals surface area contributed by atoms with Crippen molar-refractivity contribution >= 4 is 40.8 Å². The molecule has 0 aromatic heterocycles. The fourth-order valence-electron chi connectivity index (χ4n) is 4.80. The molecule has 9 heteroatoms. The van der Waals surface area contributed by atoms with Crippen LogP contribution in [0, 0.1) is 0 Å². The van der Waals surface area contributed by atoms with Crippen LogP contribution in [0.1, 0.15) is 61.9 Å². The molecule has 1 aromatic rings. The zero-order valence-electron chi connectivity index (χ0n) is 20.6. The summed E-state index contributed by atoms with van der Waals surface area (Å²) in [6.07, 6.45) is 4.62. The number of carbonyl (C=O) groups is 3. The summed E-state index contributed by atoms with van der Waals surface area (Å²) < 4.78 is 5.03. The molecule has 0 unspecified atom stereocenters. The molecule has 0 atom stereocenters. The third-order valence-electron chi connectivity index (χ3n) is 6.95. The minimum absolute atomic E-state index is 0.176. The maximum atomic E-state index is 13.1. The Kier molecular flexibility index (Phi) is 8.18. The first-order valence-electron chi connectivity index (χ1n) is 12.5. The molecule has 1 aromatic carbocycles. The van der Waals surface area contributed by atoms with Crippen molar-refractivity contribution in [2.24, 2.45) is 0 Å². The summed E-state index contributed by atoms with van der Waals surface area (Å²) in [5.74, 6) is -0.893. The van der Waals surface area contributed by atoms with Gasteiger partial charge in [-0.25, -0.2) is 9.69 Å². The van der Waals surface area contributed by atoms with Gasteiger partial charge in [0, 0.05) is 49.4 Å². The average Bonchev–Trinajstić information content (AvgIpc) is 3.33. The second-order valence-corrected chi connectivity index (χ2v) is 9.72. The molecule has 0 aliphatic carbocycles. The number of nitrogens with zero attached hydrogens (tertiary/aromatic N) is 3. The van der Waals surface area contributed by atoms with E-state index in [9.17, 15) is 14.4 Å². The van der Waals surface area contributed by atoms with E-state index in [-0.39, 0.29) is 24.4 Å². The molecular formula is C26H34N4O4S. The Bertz CT molecular complexity index is 1050. The van der Waals surface area contributed by atoms with Gasteiger partial charge in [0.25, 0.3) is 11.8 Å². The number of carbonyl (C=O) groups excluding carboxylic acids is 3. The van der Waals surface area contributed by atoms with Crippen LogP contribution in [0.5, 0.6) is 0 Å². The first kappa shape index (κ1) is 25.3. The summed E-state index contributed by atoms with van der Waals surface area (Å²) in [6, 6.07) is 4.98. The van der Waals surface area contributed by atoms with Gasteiger partial charge in [-0.3, -0.25) is 14.5 Å². The molecular weight excluding hydrogens is 464 g/mol. The van der Waals surface area contributed by atoms with Crippen molar-refractivity contribution in [2.75, 3.05) is 44.2 Å². The van der Waals surface area contributed by atoms with Gasteiger partial charge in [0.05, 0.1) is 11.3 Å². The Morgan fingerprint density at radius 2 is 1.83 bits per heavy atom. The van der Waals surface area contributed by atoms with Gasteiger partial charge < -0.3 is 15.0 Å². The van der Waals surface area contributed by atoms with Crippen molar-refractivity contribution in [3.63, 3.8) is 0 Å². The topological polar surface area (TPSA) is 82.2 Å². The van der Waals surface area contributed by atoms with Gasteiger partial charge in [0.15, 0.2) is 5.11 Å². The number of imide groups is 1. The monoisotopic (exact) mass is 498 g/mol. The van der Waals surface area contributed by atoms with Crippen LogP contribution in [-0.4, -0.2) is 72.0 Å².